The van der Waals surface area contributed by atoms with Crippen LogP contribution in [-0.2, 0) is 14.8 Å². The molecule has 2 saturated heterocycles. The van der Waals surface area contributed by atoms with Crippen LogP contribution in [0.5, 0.6) is 0 Å². The zero-order chi connectivity index (χ0) is 17.2. The van der Waals surface area contributed by atoms with Crippen LogP contribution in [0.2, 0.25) is 0 Å². The Hall–Kier alpha value is -1.02. The Morgan fingerprint density at radius 2 is 1.54 bits per heavy atom. The van der Waals surface area contributed by atoms with Crippen molar-refractivity contribution in [1.82, 2.24) is 9.21 Å². The molecule has 7 heteroatoms. The highest BCUT2D eigenvalue weighted by Gasteiger charge is 2.32. The molecule has 0 spiro atoms. The van der Waals surface area contributed by atoms with Crippen molar-refractivity contribution in [2.45, 2.75) is 42.8 Å². The SMILES string of the molecule is CN1CCC(OC2CCN(S(=O)(=O)c3ccccc3F)CC2)CC1. The summed E-state index contributed by atoms with van der Waals surface area (Å²) < 4.78 is 46.5. The van der Waals surface area contributed by atoms with E-state index >= 15 is 0 Å². The molecule has 2 aliphatic heterocycles. The molecule has 0 saturated carbocycles. The fraction of sp³-hybridized carbons (Fsp3) is 0.647. The van der Waals surface area contributed by atoms with Crippen LogP contribution in [-0.4, -0.2) is 63.1 Å². The molecule has 5 nitrogen and oxygen atoms in total. The zero-order valence-corrected chi connectivity index (χ0v) is 14.8. The first-order chi connectivity index (χ1) is 11.5. The van der Waals surface area contributed by atoms with E-state index in [1.54, 1.807) is 6.07 Å². The van der Waals surface area contributed by atoms with Gasteiger partial charge in [-0.05, 0) is 44.9 Å². The second-order valence-corrected chi connectivity index (χ2v) is 8.58. The molecule has 0 aromatic heterocycles. The third-order valence-corrected chi connectivity index (χ3v) is 6.84. The second-order valence-electron chi connectivity index (χ2n) is 6.67. The first-order valence-electron chi connectivity index (χ1n) is 8.55. The Bertz CT molecular complexity index is 652. The summed E-state index contributed by atoms with van der Waals surface area (Å²) in [4.78, 5) is 2.06. The molecule has 1 aromatic carbocycles. The van der Waals surface area contributed by atoms with Gasteiger partial charge in [-0.15, -0.1) is 0 Å². The number of piperidine rings is 2. The van der Waals surface area contributed by atoms with Crippen molar-refractivity contribution >= 4 is 10.0 Å². The number of sulfonamides is 1. The summed E-state index contributed by atoms with van der Waals surface area (Å²) in [5, 5.41) is 0. The Balaban J connectivity index is 1.56. The highest BCUT2D eigenvalue weighted by Crippen LogP contribution is 2.25. The molecule has 0 N–H and O–H groups in total. The maximum Gasteiger partial charge on any atom is 0.245 e. The predicted octanol–water partition coefficient (Wildman–Crippen LogP) is 2.09. The lowest BCUT2D eigenvalue weighted by molar-refractivity contribution is -0.0564. The Kier molecular flexibility index (Phi) is 5.54. The minimum atomic E-state index is -3.76. The Labute approximate surface area is 143 Å². The quantitative estimate of drug-likeness (QED) is 0.829. The average Bonchev–Trinajstić information content (AvgIpc) is 2.58. The van der Waals surface area contributed by atoms with E-state index in [1.165, 1.54) is 22.5 Å². The van der Waals surface area contributed by atoms with Crippen LogP contribution in [0.1, 0.15) is 25.7 Å². The number of likely N-dealkylation sites (tertiary alicyclic amines) is 1. The first kappa shape index (κ1) is 17.8. The third kappa shape index (κ3) is 3.96. The normalized spacial score (nSPS) is 22.8. The van der Waals surface area contributed by atoms with Crippen molar-refractivity contribution in [3.63, 3.8) is 0 Å². The molecular weight excluding hydrogens is 331 g/mol. The molecule has 0 amide bonds. The monoisotopic (exact) mass is 356 g/mol. The van der Waals surface area contributed by atoms with Gasteiger partial charge in [0.2, 0.25) is 10.0 Å². The smallest absolute Gasteiger partial charge is 0.245 e. The van der Waals surface area contributed by atoms with Gasteiger partial charge >= 0.3 is 0 Å². The predicted molar refractivity (Wildman–Crippen MR) is 89.8 cm³/mol. The van der Waals surface area contributed by atoms with Crippen LogP contribution in [0.4, 0.5) is 4.39 Å². The van der Waals surface area contributed by atoms with E-state index in [2.05, 4.69) is 11.9 Å². The summed E-state index contributed by atoms with van der Waals surface area (Å²) in [6.45, 7) is 2.86. The maximum absolute atomic E-state index is 13.8. The Morgan fingerprint density at radius 3 is 2.12 bits per heavy atom. The van der Waals surface area contributed by atoms with Gasteiger partial charge in [-0.1, -0.05) is 12.1 Å². The number of hydrogen-bond donors (Lipinski definition) is 0. The molecule has 134 valence electrons. The molecule has 2 heterocycles. The van der Waals surface area contributed by atoms with Crippen molar-refractivity contribution in [2.75, 3.05) is 33.2 Å². The van der Waals surface area contributed by atoms with Gasteiger partial charge in [-0.2, -0.15) is 4.31 Å². The maximum atomic E-state index is 13.8. The zero-order valence-electron chi connectivity index (χ0n) is 14.0. The summed E-state index contributed by atoms with van der Waals surface area (Å²) >= 11 is 0. The van der Waals surface area contributed by atoms with E-state index < -0.39 is 15.8 Å². The molecule has 2 fully saturated rings. The van der Waals surface area contributed by atoms with E-state index in [0.717, 1.165) is 25.9 Å². The lowest BCUT2D eigenvalue weighted by Crippen LogP contribution is -2.43. The fourth-order valence-electron chi connectivity index (χ4n) is 3.39. The van der Waals surface area contributed by atoms with Gasteiger partial charge in [0.05, 0.1) is 12.2 Å². The molecule has 3 rings (SSSR count). The van der Waals surface area contributed by atoms with Crippen LogP contribution in [0.25, 0.3) is 0 Å². The molecule has 0 atom stereocenters. The summed E-state index contributed by atoms with van der Waals surface area (Å²) in [5.74, 6) is -0.692. The van der Waals surface area contributed by atoms with Crippen LogP contribution >= 0.6 is 0 Å². The molecular formula is C17H25FN2O3S. The number of nitrogens with zero attached hydrogens (tertiary/aromatic N) is 2. The molecule has 2 aliphatic rings. The van der Waals surface area contributed by atoms with Crippen LogP contribution in [0, 0.1) is 5.82 Å². The van der Waals surface area contributed by atoms with E-state index in [0.29, 0.717) is 25.9 Å². The topological polar surface area (TPSA) is 49.9 Å². The number of hydrogen-bond acceptors (Lipinski definition) is 4. The lowest BCUT2D eigenvalue weighted by Gasteiger charge is -2.35. The van der Waals surface area contributed by atoms with E-state index in [-0.39, 0.29) is 17.1 Å². The number of halogens is 1. The van der Waals surface area contributed by atoms with Crippen molar-refractivity contribution in [2.24, 2.45) is 0 Å². The number of rotatable bonds is 4. The van der Waals surface area contributed by atoms with Gasteiger partial charge in [0.25, 0.3) is 0 Å². The van der Waals surface area contributed by atoms with Crippen molar-refractivity contribution in [1.29, 1.82) is 0 Å². The van der Waals surface area contributed by atoms with Crippen LogP contribution < -0.4 is 0 Å². The summed E-state index contributed by atoms with van der Waals surface area (Å²) in [6, 6.07) is 5.55. The van der Waals surface area contributed by atoms with E-state index in [9.17, 15) is 12.8 Å². The average molecular weight is 356 g/mol. The van der Waals surface area contributed by atoms with Crippen molar-refractivity contribution in [3.05, 3.63) is 30.1 Å². The van der Waals surface area contributed by atoms with Crippen molar-refractivity contribution < 1.29 is 17.5 Å². The van der Waals surface area contributed by atoms with Gasteiger partial charge in [0.15, 0.2) is 0 Å². The number of benzene rings is 1. The third-order valence-electron chi connectivity index (χ3n) is 4.91. The molecule has 24 heavy (non-hydrogen) atoms. The first-order valence-corrected chi connectivity index (χ1v) is 9.99. The number of ether oxygens (including phenoxy) is 1. The molecule has 0 aliphatic carbocycles. The van der Waals surface area contributed by atoms with Crippen molar-refractivity contribution in [3.8, 4) is 0 Å². The highest BCUT2D eigenvalue weighted by molar-refractivity contribution is 7.89. The van der Waals surface area contributed by atoms with E-state index in [4.69, 9.17) is 4.74 Å². The highest BCUT2D eigenvalue weighted by atomic mass is 32.2. The standard InChI is InChI=1S/C17H25FN2O3S/c1-19-10-6-14(7-11-19)23-15-8-12-20(13-9-15)24(21,22)17-5-3-2-4-16(17)18/h2-5,14-15H,6-13H2,1H3. The summed E-state index contributed by atoms with van der Waals surface area (Å²) in [6.07, 6.45) is 3.78. The van der Waals surface area contributed by atoms with Gasteiger partial charge in [0.1, 0.15) is 10.7 Å². The second kappa shape index (κ2) is 7.47. The molecule has 1 aromatic rings. The van der Waals surface area contributed by atoms with Crippen LogP contribution in [0.3, 0.4) is 0 Å². The van der Waals surface area contributed by atoms with Gasteiger partial charge in [-0.25, -0.2) is 12.8 Å². The fourth-order valence-corrected chi connectivity index (χ4v) is 4.93. The largest absolute Gasteiger partial charge is 0.375 e. The van der Waals surface area contributed by atoms with E-state index in [1.807, 2.05) is 0 Å². The minimum Gasteiger partial charge on any atom is -0.375 e. The molecule has 0 bridgehead atoms. The Morgan fingerprint density at radius 1 is 1.00 bits per heavy atom. The van der Waals surface area contributed by atoms with Gasteiger partial charge in [0, 0.05) is 26.2 Å². The van der Waals surface area contributed by atoms with Gasteiger partial charge < -0.3 is 9.64 Å². The van der Waals surface area contributed by atoms with Crippen LogP contribution in [0.15, 0.2) is 29.2 Å². The lowest BCUT2D eigenvalue weighted by atomic mass is 10.1. The summed E-state index contributed by atoms with van der Waals surface area (Å²) in [5.41, 5.74) is 0. The minimum absolute atomic E-state index is 0.102. The summed E-state index contributed by atoms with van der Waals surface area (Å²) in [7, 11) is -1.65. The van der Waals surface area contributed by atoms with Gasteiger partial charge in [-0.3, -0.25) is 0 Å². The molecule has 0 unspecified atom stereocenters. The molecule has 0 radical (unpaired) electrons.